The molecular weight excluding hydrogens is 342 g/mol. The third-order valence-electron chi connectivity index (χ3n) is 4.25. The summed E-state index contributed by atoms with van der Waals surface area (Å²) in [7, 11) is 1.51. The number of rotatable bonds is 4. The Balaban J connectivity index is 1.78. The van der Waals surface area contributed by atoms with Crippen molar-refractivity contribution in [2.24, 2.45) is 0 Å². The van der Waals surface area contributed by atoms with Crippen LogP contribution >= 0.6 is 11.6 Å². The minimum Gasteiger partial charge on any atom is -0.495 e. The van der Waals surface area contributed by atoms with Gasteiger partial charge in [0.25, 0.3) is 5.56 Å². The summed E-state index contributed by atoms with van der Waals surface area (Å²) in [5, 5.41) is 7.61. The summed E-state index contributed by atoms with van der Waals surface area (Å²) in [6.07, 6.45) is 5.00. The maximum Gasteiger partial charge on any atom is 0.267 e. The first-order valence-corrected chi connectivity index (χ1v) is 8.68. The van der Waals surface area contributed by atoms with Crippen LogP contribution in [0.5, 0.6) is 5.75 Å². The van der Waals surface area contributed by atoms with Gasteiger partial charge < -0.3 is 10.1 Å². The van der Waals surface area contributed by atoms with Gasteiger partial charge in [-0.15, -0.1) is 0 Å². The highest BCUT2D eigenvalue weighted by Crippen LogP contribution is 2.27. The van der Waals surface area contributed by atoms with Gasteiger partial charge in [-0.1, -0.05) is 18.0 Å². The van der Waals surface area contributed by atoms with Crippen LogP contribution in [0.15, 0.2) is 29.1 Å². The number of methoxy groups -OCH3 is 1. The number of halogens is 1. The Kier molecular flexibility index (Phi) is 5.38. The molecule has 0 bridgehead atoms. The van der Waals surface area contributed by atoms with Crippen molar-refractivity contribution in [3.63, 3.8) is 0 Å². The first-order chi connectivity index (χ1) is 12.1. The number of aryl methyl sites for hydroxylation is 2. The van der Waals surface area contributed by atoms with Gasteiger partial charge in [0.05, 0.1) is 18.5 Å². The fraction of sp³-hybridized carbons (Fsp3) is 0.389. The van der Waals surface area contributed by atoms with Crippen molar-refractivity contribution < 1.29 is 9.53 Å². The highest BCUT2D eigenvalue weighted by atomic mass is 35.5. The Labute approximate surface area is 150 Å². The minimum absolute atomic E-state index is 0.151. The van der Waals surface area contributed by atoms with Gasteiger partial charge >= 0.3 is 0 Å². The zero-order valence-corrected chi connectivity index (χ0v) is 14.8. The van der Waals surface area contributed by atoms with Crippen LogP contribution in [0.1, 0.15) is 30.5 Å². The third-order valence-corrected chi connectivity index (χ3v) is 4.49. The average molecular weight is 362 g/mol. The zero-order valence-electron chi connectivity index (χ0n) is 14.0. The lowest BCUT2D eigenvalue weighted by molar-refractivity contribution is -0.117. The number of benzene rings is 1. The Morgan fingerprint density at radius 1 is 1.28 bits per heavy atom. The number of hydrogen-bond acceptors (Lipinski definition) is 4. The van der Waals surface area contributed by atoms with Crippen molar-refractivity contribution in [1.82, 2.24) is 9.78 Å². The predicted molar refractivity (Wildman–Crippen MR) is 96.4 cm³/mol. The van der Waals surface area contributed by atoms with Crippen molar-refractivity contribution in [2.75, 3.05) is 12.4 Å². The molecule has 0 spiro atoms. The molecule has 1 aliphatic carbocycles. The highest BCUT2D eigenvalue weighted by molar-refractivity contribution is 6.31. The number of aromatic nitrogens is 2. The molecule has 0 saturated carbocycles. The Hall–Kier alpha value is -2.34. The summed E-state index contributed by atoms with van der Waals surface area (Å²) < 4.78 is 6.42. The molecule has 1 heterocycles. The van der Waals surface area contributed by atoms with Crippen molar-refractivity contribution >= 4 is 23.2 Å². The number of fused-ring (bicyclic) bond motifs is 1. The van der Waals surface area contributed by atoms with Crippen LogP contribution in [0.3, 0.4) is 0 Å². The molecule has 1 aromatic carbocycles. The van der Waals surface area contributed by atoms with Gasteiger partial charge in [-0.05, 0) is 49.4 Å². The van der Waals surface area contributed by atoms with Gasteiger partial charge in [-0.25, -0.2) is 4.68 Å². The summed E-state index contributed by atoms with van der Waals surface area (Å²) in [5.41, 5.74) is 2.14. The van der Waals surface area contributed by atoms with E-state index in [9.17, 15) is 9.59 Å². The summed E-state index contributed by atoms with van der Waals surface area (Å²) in [6.45, 7) is -0.151. The van der Waals surface area contributed by atoms with Gasteiger partial charge in [-0.2, -0.15) is 5.10 Å². The number of ether oxygens (including phenoxy) is 1. The maximum absolute atomic E-state index is 12.3. The second kappa shape index (κ2) is 7.70. The lowest BCUT2D eigenvalue weighted by atomic mass is 10.1. The molecular formula is C18H20ClN3O3. The van der Waals surface area contributed by atoms with Crippen molar-refractivity contribution in [2.45, 2.75) is 38.6 Å². The summed E-state index contributed by atoms with van der Waals surface area (Å²) >= 11 is 5.96. The molecule has 1 N–H and O–H groups in total. The molecule has 2 aromatic rings. The first-order valence-electron chi connectivity index (χ1n) is 8.30. The van der Waals surface area contributed by atoms with Crippen LogP contribution in [0.4, 0.5) is 5.69 Å². The molecule has 7 heteroatoms. The van der Waals surface area contributed by atoms with Crippen LogP contribution in [-0.4, -0.2) is 22.8 Å². The van der Waals surface area contributed by atoms with Gasteiger partial charge in [0.1, 0.15) is 12.3 Å². The monoisotopic (exact) mass is 361 g/mol. The van der Waals surface area contributed by atoms with E-state index in [0.29, 0.717) is 16.5 Å². The maximum atomic E-state index is 12.3. The molecule has 0 atom stereocenters. The first kappa shape index (κ1) is 17.5. The fourth-order valence-corrected chi connectivity index (χ4v) is 3.17. The molecule has 1 aromatic heterocycles. The smallest absolute Gasteiger partial charge is 0.267 e. The van der Waals surface area contributed by atoms with Crippen LogP contribution in [0, 0.1) is 0 Å². The normalized spacial score (nSPS) is 13.7. The van der Waals surface area contributed by atoms with E-state index in [2.05, 4.69) is 10.4 Å². The van der Waals surface area contributed by atoms with Gasteiger partial charge in [0.2, 0.25) is 5.91 Å². The van der Waals surface area contributed by atoms with Gasteiger partial charge in [0, 0.05) is 11.1 Å². The SMILES string of the molecule is COc1ccc(Cl)cc1NC(=O)Cn1nc2c(cc1=O)CCCCC2. The van der Waals surface area contributed by atoms with E-state index in [4.69, 9.17) is 16.3 Å². The van der Waals surface area contributed by atoms with E-state index in [1.165, 1.54) is 11.8 Å². The molecule has 1 aliphatic rings. The standard InChI is InChI=1S/C18H20ClN3O3/c1-25-16-8-7-13(19)10-15(16)20-17(23)11-22-18(24)9-12-5-3-2-4-6-14(12)21-22/h7-10H,2-6,11H2,1H3,(H,20,23). The number of carbonyl (C=O) groups is 1. The van der Waals surface area contributed by atoms with Crippen LogP contribution in [-0.2, 0) is 24.2 Å². The Morgan fingerprint density at radius 2 is 2.08 bits per heavy atom. The molecule has 0 saturated heterocycles. The van der Waals surface area contributed by atoms with Crippen molar-refractivity contribution in [3.8, 4) is 5.75 Å². The molecule has 0 unspecified atom stereocenters. The lowest BCUT2D eigenvalue weighted by Gasteiger charge is -2.12. The molecule has 0 fully saturated rings. The Morgan fingerprint density at radius 3 is 2.88 bits per heavy atom. The van der Waals surface area contributed by atoms with Crippen molar-refractivity contribution in [1.29, 1.82) is 0 Å². The number of nitrogens with one attached hydrogen (secondary N) is 1. The third kappa shape index (κ3) is 4.20. The number of carbonyl (C=O) groups excluding carboxylic acids is 1. The predicted octanol–water partition coefficient (Wildman–Crippen LogP) is 2.81. The number of anilines is 1. The number of amides is 1. The van der Waals surface area contributed by atoms with E-state index >= 15 is 0 Å². The average Bonchev–Trinajstić information content (AvgIpc) is 2.80. The molecule has 25 heavy (non-hydrogen) atoms. The summed E-state index contributed by atoms with van der Waals surface area (Å²) in [6, 6.07) is 6.56. The van der Waals surface area contributed by atoms with Crippen molar-refractivity contribution in [3.05, 3.63) is 50.9 Å². The minimum atomic E-state index is -0.358. The van der Waals surface area contributed by atoms with E-state index in [1.807, 2.05) is 0 Å². The topological polar surface area (TPSA) is 73.2 Å². The zero-order chi connectivity index (χ0) is 17.8. The second-order valence-electron chi connectivity index (χ2n) is 6.07. The van der Waals surface area contributed by atoms with E-state index in [-0.39, 0.29) is 18.0 Å². The van der Waals surface area contributed by atoms with Crippen LogP contribution in [0.2, 0.25) is 5.02 Å². The fourth-order valence-electron chi connectivity index (χ4n) is 2.99. The van der Waals surface area contributed by atoms with E-state index in [0.717, 1.165) is 43.4 Å². The largest absolute Gasteiger partial charge is 0.495 e. The quantitative estimate of drug-likeness (QED) is 0.850. The van der Waals surface area contributed by atoms with E-state index in [1.54, 1.807) is 24.3 Å². The summed E-state index contributed by atoms with van der Waals surface area (Å²) in [4.78, 5) is 24.6. The van der Waals surface area contributed by atoms with Gasteiger partial charge in [-0.3, -0.25) is 9.59 Å². The summed E-state index contributed by atoms with van der Waals surface area (Å²) in [5.74, 6) is 0.142. The lowest BCUT2D eigenvalue weighted by Crippen LogP contribution is -2.30. The number of nitrogens with zero attached hydrogens (tertiary/aromatic N) is 2. The van der Waals surface area contributed by atoms with E-state index < -0.39 is 0 Å². The van der Waals surface area contributed by atoms with Crippen LogP contribution in [0.25, 0.3) is 0 Å². The number of hydrogen-bond donors (Lipinski definition) is 1. The highest BCUT2D eigenvalue weighted by Gasteiger charge is 2.15. The molecule has 3 rings (SSSR count). The molecule has 0 aliphatic heterocycles. The molecule has 0 radical (unpaired) electrons. The molecule has 6 nitrogen and oxygen atoms in total. The molecule has 1 amide bonds. The van der Waals surface area contributed by atoms with Crippen LogP contribution < -0.4 is 15.6 Å². The second-order valence-corrected chi connectivity index (χ2v) is 6.50. The molecule has 132 valence electrons. The Bertz CT molecular complexity index is 848. The van der Waals surface area contributed by atoms with Gasteiger partial charge in [0.15, 0.2) is 0 Å².